The van der Waals surface area contributed by atoms with E-state index >= 15 is 0 Å². The zero-order valence-electron chi connectivity index (χ0n) is 17.2. The standard InChI is InChI=1S/C25H26NO3P/c1-25(24(27)29-2)18-22(25)23(19-12-6-3-7-13-19)26-30(28,20-14-8-4-9-15-20)21-16-10-5-11-17-21/h3-17,22-23H,18H2,1-2H3,(H,26,28)/t22?,23?,25-/m1/s1. The Kier molecular flexibility index (Phi) is 5.64. The molecule has 0 aromatic heterocycles. The van der Waals surface area contributed by atoms with E-state index in [1.165, 1.54) is 7.11 Å². The van der Waals surface area contributed by atoms with E-state index in [2.05, 4.69) is 5.09 Å². The number of rotatable bonds is 7. The zero-order valence-corrected chi connectivity index (χ0v) is 18.1. The maximum absolute atomic E-state index is 14.6. The molecule has 4 nitrogen and oxygen atoms in total. The highest BCUT2D eigenvalue weighted by Gasteiger charge is 2.61. The van der Waals surface area contributed by atoms with Gasteiger partial charge in [-0.2, -0.15) is 0 Å². The fraction of sp³-hybridized carbons (Fsp3) is 0.240. The Morgan fingerprint density at radius 1 is 0.933 bits per heavy atom. The molecule has 1 aliphatic rings. The lowest BCUT2D eigenvalue weighted by molar-refractivity contribution is -0.147. The molecule has 4 rings (SSSR count). The minimum Gasteiger partial charge on any atom is -0.469 e. The van der Waals surface area contributed by atoms with Gasteiger partial charge in [0.1, 0.15) is 0 Å². The molecule has 1 fully saturated rings. The highest BCUT2D eigenvalue weighted by molar-refractivity contribution is 7.76. The predicted molar refractivity (Wildman–Crippen MR) is 120 cm³/mol. The molecule has 154 valence electrons. The third-order valence-corrected chi connectivity index (χ3v) is 8.77. The number of carbonyl (C=O) groups is 1. The summed E-state index contributed by atoms with van der Waals surface area (Å²) < 4.78 is 19.6. The van der Waals surface area contributed by atoms with Gasteiger partial charge in [-0.05, 0) is 49.1 Å². The van der Waals surface area contributed by atoms with E-state index in [1.54, 1.807) is 0 Å². The van der Waals surface area contributed by atoms with Crippen molar-refractivity contribution in [3.63, 3.8) is 0 Å². The number of hydrogen-bond acceptors (Lipinski definition) is 3. The Morgan fingerprint density at radius 3 is 1.87 bits per heavy atom. The molecule has 0 bridgehead atoms. The van der Waals surface area contributed by atoms with Crippen molar-refractivity contribution >= 4 is 23.9 Å². The van der Waals surface area contributed by atoms with Crippen LogP contribution in [0.4, 0.5) is 0 Å². The first-order chi connectivity index (χ1) is 14.5. The van der Waals surface area contributed by atoms with E-state index in [1.807, 2.05) is 97.9 Å². The molecular weight excluding hydrogens is 393 g/mol. The van der Waals surface area contributed by atoms with E-state index in [0.29, 0.717) is 6.42 Å². The van der Waals surface area contributed by atoms with Crippen LogP contribution in [0, 0.1) is 11.3 Å². The molecule has 1 N–H and O–H groups in total. The molecule has 5 heteroatoms. The lowest BCUT2D eigenvalue weighted by atomic mass is 9.97. The lowest BCUT2D eigenvalue weighted by Crippen LogP contribution is -2.33. The Balaban J connectivity index is 1.79. The summed E-state index contributed by atoms with van der Waals surface area (Å²) in [6.45, 7) is 1.93. The second-order valence-corrected chi connectivity index (χ2v) is 10.5. The molecule has 1 aliphatic carbocycles. The smallest absolute Gasteiger partial charge is 0.311 e. The Hall–Kier alpha value is -2.68. The average Bonchev–Trinajstić information content (AvgIpc) is 3.50. The van der Waals surface area contributed by atoms with Crippen molar-refractivity contribution in [1.82, 2.24) is 5.09 Å². The van der Waals surface area contributed by atoms with Gasteiger partial charge in [-0.15, -0.1) is 0 Å². The molecule has 3 aromatic carbocycles. The number of hydrogen-bond donors (Lipinski definition) is 1. The van der Waals surface area contributed by atoms with Gasteiger partial charge in [0.25, 0.3) is 0 Å². The van der Waals surface area contributed by atoms with Crippen LogP contribution in [0.2, 0.25) is 0 Å². The molecule has 0 radical (unpaired) electrons. The van der Waals surface area contributed by atoms with Gasteiger partial charge in [-0.1, -0.05) is 66.7 Å². The van der Waals surface area contributed by atoms with Crippen molar-refractivity contribution < 1.29 is 14.1 Å². The first-order valence-electron chi connectivity index (χ1n) is 10.1. The van der Waals surface area contributed by atoms with E-state index in [4.69, 9.17) is 4.74 Å². The van der Waals surface area contributed by atoms with Crippen LogP contribution in [0.25, 0.3) is 0 Å². The Bertz CT molecular complexity index is 1010. The molecule has 0 saturated heterocycles. The topological polar surface area (TPSA) is 55.4 Å². The van der Waals surface area contributed by atoms with Crippen molar-refractivity contribution in [3.05, 3.63) is 96.6 Å². The molecule has 0 heterocycles. The Labute approximate surface area is 177 Å². The number of methoxy groups -OCH3 is 1. The zero-order chi connectivity index (χ0) is 21.2. The number of benzene rings is 3. The molecule has 1 saturated carbocycles. The summed E-state index contributed by atoms with van der Waals surface area (Å²) in [6.07, 6.45) is 0.690. The van der Waals surface area contributed by atoms with Crippen molar-refractivity contribution in [2.45, 2.75) is 19.4 Å². The molecule has 30 heavy (non-hydrogen) atoms. The van der Waals surface area contributed by atoms with Crippen molar-refractivity contribution in [1.29, 1.82) is 0 Å². The van der Waals surface area contributed by atoms with Crippen LogP contribution in [-0.4, -0.2) is 13.1 Å². The molecule has 0 spiro atoms. The monoisotopic (exact) mass is 419 g/mol. The summed E-state index contributed by atoms with van der Waals surface area (Å²) in [5, 5.41) is 5.02. The van der Waals surface area contributed by atoms with Gasteiger partial charge in [0.2, 0.25) is 7.29 Å². The summed E-state index contributed by atoms with van der Waals surface area (Å²) >= 11 is 0. The summed E-state index contributed by atoms with van der Waals surface area (Å²) in [5.41, 5.74) is 0.433. The number of ether oxygens (including phenoxy) is 1. The van der Waals surface area contributed by atoms with Crippen molar-refractivity contribution in [2.24, 2.45) is 11.3 Å². The summed E-state index contributed by atoms with van der Waals surface area (Å²) in [6, 6.07) is 28.7. The van der Waals surface area contributed by atoms with Gasteiger partial charge in [-0.3, -0.25) is 14.4 Å². The van der Waals surface area contributed by atoms with Crippen LogP contribution in [0.5, 0.6) is 0 Å². The first kappa shape index (κ1) is 20.6. The molecular formula is C25H26NO3P. The fourth-order valence-electron chi connectivity index (χ4n) is 4.18. The fourth-order valence-corrected chi connectivity index (χ4v) is 6.68. The lowest BCUT2D eigenvalue weighted by Gasteiger charge is -2.28. The van der Waals surface area contributed by atoms with Gasteiger partial charge < -0.3 is 4.74 Å². The number of nitrogens with one attached hydrogen (secondary N) is 1. The van der Waals surface area contributed by atoms with E-state index < -0.39 is 12.7 Å². The summed E-state index contributed by atoms with van der Waals surface area (Å²) in [7, 11) is -1.73. The first-order valence-corrected chi connectivity index (χ1v) is 11.8. The Morgan fingerprint density at radius 2 is 1.40 bits per heavy atom. The van der Waals surface area contributed by atoms with Crippen molar-refractivity contribution in [2.75, 3.05) is 7.11 Å². The number of carbonyl (C=O) groups excluding carboxylic acids is 1. The van der Waals surface area contributed by atoms with Gasteiger partial charge in [0.05, 0.1) is 12.5 Å². The molecule has 3 aromatic rings. The SMILES string of the molecule is COC(=O)[C@]1(C)CC1C(NP(=O)(c1ccccc1)c1ccccc1)c1ccccc1. The van der Waals surface area contributed by atoms with Crippen LogP contribution < -0.4 is 15.7 Å². The highest BCUT2D eigenvalue weighted by atomic mass is 31.2. The second-order valence-electron chi connectivity index (χ2n) is 8.02. The second kappa shape index (κ2) is 8.22. The quantitative estimate of drug-likeness (QED) is 0.454. The average molecular weight is 419 g/mol. The molecule has 0 amide bonds. The minimum atomic E-state index is -3.16. The third kappa shape index (κ3) is 3.74. The van der Waals surface area contributed by atoms with Crippen LogP contribution in [-0.2, 0) is 14.1 Å². The highest BCUT2D eigenvalue weighted by Crippen LogP contribution is 2.61. The van der Waals surface area contributed by atoms with E-state index in [0.717, 1.165) is 16.2 Å². The van der Waals surface area contributed by atoms with Crippen LogP contribution >= 0.6 is 7.29 Å². The van der Waals surface area contributed by atoms with Gasteiger partial charge in [0, 0.05) is 16.7 Å². The molecule has 2 unspecified atom stereocenters. The predicted octanol–water partition coefficient (Wildman–Crippen LogP) is 4.45. The molecule has 0 aliphatic heterocycles. The summed E-state index contributed by atoms with van der Waals surface area (Å²) in [5.74, 6) is -0.224. The third-order valence-electron chi connectivity index (χ3n) is 6.08. The van der Waals surface area contributed by atoms with Crippen LogP contribution in [0.15, 0.2) is 91.0 Å². The summed E-state index contributed by atoms with van der Waals surface area (Å²) in [4.78, 5) is 12.4. The van der Waals surface area contributed by atoms with E-state index in [9.17, 15) is 9.36 Å². The maximum atomic E-state index is 14.6. The minimum absolute atomic E-state index is 0.00639. The van der Waals surface area contributed by atoms with Crippen molar-refractivity contribution in [3.8, 4) is 0 Å². The van der Waals surface area contributed by atoms with Crippen LogP contribution in [0.1, 0.15) is 24.9 Å². The normalized spacial score (nSPS) is 21.6. The largest absolute Gasteiger partial charge is 0.469 e. The maximum Gasteiger partial charge on any atom is 0.311 e. The van der Waals surface area contributed by atoms with Gasteiger partial charge in [0.15, 0.2) is 0 Å². The molecule has 3 atom stereocenters. The van der Waals surface area contributed by atoms with Gasteiger partial charge >= 0.3 is 5.97 Å². The van der Waals surface area contributed by atoms with E-state index in [-0.39, 0.29) is 17.9 Å². The van der Waals surface area contributed by atoms with Crippen LogP contribution in [0.3, 0.4) is 0 Å². The van der Waals surface area contributed by atoms with Gasteiger partial charge in [-0.25, -0.2) is 0 Å². The number of esters is 1.